The number of benzene rings is 2. The zero-order valence-electron chi connectivity index (χ0n) is 16.2. The van der Waals surface area contributed by atoms with Crippen molar-refractivity contribution in [2.45, 2.75) is 26.3 Å². The van der Waals surface area contributed by atoms with Crippen molar-refractivity contribution in [3.05, 3.63) is 69.3 Å². The van der Waals surface area contributed by atoms with Crippen molar-refractivity contribution in [3.8, 4) is 0 Å². The first kappa shape index (κ1) is 20.3. The number of amides is 1. The molecule has 2 aromatic rings. The lowest BCUT2D eigenvalue weighted by molar-refractivity contribution is -0.384. The minimum absolute atomic E-state index is 0.0475. The highest BCUT2D eigenvalue weighted by Gasteiger charge is 2.24. The number of nitrogens with one attached hydrogen (secondary N) is 1. The Bertz CT molecular complexity index is 922. The number of anilines is 1. The third kappa shape index (κ3) is 5.10. The molecule has 1 heterocycles. The van der Waals surface area contributed by atoms with Crippen LogP contribution < -0.4 is 10.2 Å². The standard InChI is InChI=1S/C21H23N3O5/c1-15-6-2-3-7-17(15)13-22-20(25)14-29-21(26)16-8-9-18(19(12-16)24(27)28)23-10-4-5-11-23/h2-3,6-9,12H,4-5,10-11,13-14H2,1H3,(H,22,25). The second kappa shape index (κ2) is 9.18. The Morgan fingerprint density at radius 1 is 1.17 bits per heavy atom. The first-order valence-corrected chi connectivity index (χ1v) is 9.47. The van der Waals surface area contributed by atoms with E-state index in [0.717, 1.165) is 37.1 Å². The molecule has 1 fully saturated rings. The summed E-state index contributed by atoms with van der Waals surface area (Å²) in [4.78, 5) is 37.1. The van der Waals surface area contributed by atoms with Gasteiger partial charge in [-0.05, 0) is 43.0 Å². The van der Waals surface area contributed by atoms with E-state index in [0.29, 0.717) is 12.2 Å². The lowest BCUT2D eigenvalue weighted by atomic mass is 10.1. The molecule has 0 bridgehead atoms. The third-order valence-corrected chi connectivity index (χ3v) is 4.93. The lowest BCUT2D eigenvalue weighted by Crippen LogP contribution is -2.28. The Kier molecular flexibility index (Phi) is 6.43. The van der Waals surface area contributed by atoms with E-state index < -0.39 is 23.4 Å². The van der Waals surface area contributed by atoms with E-state index in [1.807, 2.05) is 36.1 Å². The Balaban J connectivity index is 1.58. The van der Waals surface area contributed by atoms with Crippen LogP contribution in [0, 0.1) is 17.0 Å². The molecular formula is C21H23N3O5. The van der Waals surface area contributed by atoms with Gasteiger partial charge < -0.3 is 15.0 Å². The van der Waals surface area contributed by atoms with Crippen molar-refractivity contribution in [2.75, 3.05) is 24.6 Å². The number of ether oxygens (including phenoxy) is 1. The zero-order chi connectivity index (χ0) is 20.8. The predicted molar refractivity (Wildman–Crippen MR) is 108 cm³/mol. The van der Waals surface area contributed by atoms with Crippen LogP contribution >= 0.6 is 0 Å². The van der Waals surface area contributed by atoms with Gasteiger partial charge in [-0.25, -0.2) is 4.79 Å². The monoisotopic (exact) mass is 397 g/mol. The van der Waals surface area contributed by atoms with E-state index in [1.54, 1.807) is 6.07 Å². The van der Waals surface area contributed by atoms with Crippen molar-refractivity contribution in [2.24, 2.45) is 0 Å². The Morgan fingerprint density at radius 2 is 1.90 bits per heavy atom. The van der Waals surface area contributed by atoms with Gasteiger partial charge >= 0.3 is 5.97 Å². The van der Waals surface area contributed by atoms with E-state index >= 15 is 0 Å². The van der Waals surface area contributed by atoms with Gasteiger partial charge in [0.25, 0.3) is 11.6 Å². The number of carbonyl (C=O) groups is 2. The normalized spacial score (nSPS) is 13.2. The highest BCUT2D eigenvalue weighted by molar-refractivity contribution is 5.93. The Hall–Kier alpha value is -3.42. The first-order valence-electron chi connectivity index (χ1n) is 9.47. The van der Waals surface area contributed by atoms with Crippen LogP contribution in [0.15, 0.2) is 42.5 Å². The van der Waals surface area contributed by atoms with Crippen LogP contribution in [0.3, 0.4) is 0 Å². The summed E-state index contributed by atoms with van der Waals surface area (Å²) in [7, 11) is 0. The van der Waals surface area contributed by atoms with Gasteiger partial charge in [0.1, 0.15) is 5.69 Å². The predicted octanol–water partition coefficient (Wildman–Crippen LogP) is 2.98. The van der Waals surface area contributed by atoms with Crippen LogP contribution in [0.2, 0.25) is 0 Å². The molecule has 2 aromatic carbocycles. The maximum Gasteiger partial charge on any atom is 0.338 e. The number of carbonyl (C=O) groups excluding carboxylic acids is 2. The highest BCUT2D eigenvalue weighted by Crippen LogP contribution is 2.31. The second-order valence-corrected chi connectivity index (χ2v) is 6.93. The molecule has 0 atom stereocenters. The van der Waals surface area contributed by atoms with Gasteiger partial charge in [0.15, 0.2) is 6.61 Å². The molecule has 1 aliphatic heterocycles. The van der Waals surface area contributed by atoms with Crippen LogP contribution in [0.4, 0.5) is 11.4 Å². The van der Waals surface area contributed by atoms with Crippen molar-refractivity contribution in [1.82, 2.24) is 5.32 Å². The molecule has 0 spiro atoms. The molecule has 1 amide bonds. The molecule has 29 heavy (non-hydrogen) atoms. The lowest BCUT2D eigenvalue weighted by Gasteiger charge is -2.17. The van der Waals surface area contributed by atoms with Gasteiger partial charge in [0.2, 0.25) is 0 Å². The fourth-order valence-corrected chi connectivity index (χ4v) is 3.29. The number of nitro groups is 1. The molecule has 152 valence electrons. The number of nitrogens with zero attached hydrogens (tertiary/aromatic N) is 2. The molecule has 8 nitrogen and oxygen atoms in total. The Morgan fingerprint density at radius 3 is 2.59 bits per heavy atom. The number of esters is 1. The maximum absolute atomic E-state index is 12.2. The number of aryl methyl sites for hydroxylation is 1. The van der Waals surface area contributed by atoms with Gasteiger partial charge in [-0.15, -0.1) is 0 Å². The largest absolute Gasteiger partial charge is 0.452 e. The number of rotatable bonds is 7. The molecule has 0 aliphatic carbocycles. The molecule has 1 saturated heterocycles. The molecule has 0 aromatic heterocycles. The molecule has 3 rings (SSSR count). The van der Waals surface area contributed by atoms with Crippen LogP contribution in [-0.2, 0) is 16.1 Å². The molecule has 1 aliphatic rings. The quantitative estimate of drug-likeness (QED) is 0.438. The van der Waals surface area contributed by atoms with Gasteiger partial charge in [0, 0.05) is 25.7 Å². The summed E-state index contributed by atoms with van der Waals surface area (Å²) in [6, 6.07) is 11.9. The van der Waals surface area contributed by atoms with E-state index in [9.17, 15) is 19.7 Å². The summed E-state index contributed by atoms with van der Waals surface area (Å²) in [5.74, 6) is -1.21. The van der Waals surface area contributed by atoms with E-state index in [1.165, 1.54) is 12.1 Å². The first-order chi connectivity index (χ1) is 14.0. The summed E-state index contributed by atoms with van der Waals surface area (Å²) >= 11 is 0. The Labute approximate surface area is 168 Å². The van der Waals surface area contributed by atoms with E-state index in [2.05, 4.69) is 5.32 Å². The maximum atomic E-state index is 12.2. The number of hydrogen-bond donors (Lipinski definition) is 1. The average molecular weight is 397 g/mol. The topological polar surface area (TPSA) is 102 Å². The summed E-state index contributed by atoms with van der Waals surface area (Å²) < 4.78 is 5.02. The fraction of sp³-hybridized carbons (Fsp3) is 0.333. The number of hydrogen-bond acceptors (Lipinski definition) is 6. The van der Waals surface area contributed by atoms with Crippen LogP contribution in [0.5, 0.6) is 0 Å². The molecule has 0 unspecified atom stereocenters. The van der Waals surface area contributed by atoms with Gasteiger partial charge in [-0.2, -0.15) is 0 Å². The molecule has 0 radical (unpaired) electrons. The highest BCUT2D eigenvalue weighted by atomic mass is 16.6. The average Bonchev–Trinajstić information content (AvgIpc) is 3.25. The zero-order valence-corrected chi connectivity index (χ0v) is 16.2. The van der Waals surface area contributed by atoms with Crippen molar-refractivity contribution in [1.29, 1.82) is 0 Å². The summed E-state index contributed by atoms with van der Waals surface area (Å²) in [5, 5.41) is 14.1. The van der Waals surface area contributed by atoms with Crippen LogP contribution in [0.25, 0.3) is 0 Å². The summed E-state index contributed by atoms with van der Waals surface area (Å²) in [6.07, 6.45) is 1.97. The smallest absolute Gasteiger partial charge is 0.338 e. The van der Waals surface area contributed by atoms with E-state index in [4.69, 9.17) is 4.74 Å². The van der Waals surface area contributed by atoms with Crippen molar-refractivity contribution < 1.29 is 19.2 Å². The van der Waals surface area contributed by atoms with Gasteiger partial charge in [-0.1, -0.05) is 24.3 Å². The SMILES string of the molecule is Cc1ccccc1CNC(=O)COC(=O)c1ccc(N2CCCC2)c([N+](=O)[O-])c1. The molecular weight excluding hydrogens is 374 g/mol. The summed E-state index contributed by atoms with van der Waals surface area (Å²) in [6.45, 7) is 3.34. The minimum Gasteiger partial charge on any atom is -0.452 e. The molecule has 8 heteroatoms. The van der Waals surface area contributed by atoms with E-state index in [-0.39, 0.29) is 11.3 Å². The van der Waals surface area contributed by atoms with Crippen molar-refractivity contribution >= 4 is 23.3 Å². The van der Waals surface area contributed by atoms with Gasteiger partial charge in [-0.3, -0.25) is 14.9 Å². The fourth-order valence-electron chi connectivity index (χ4n) is 3.29. The molecule has 0 saturated carbocycles. The van der Waals surface area contributed by atoms with Crippen LogP contribution in [0.1, 0.15) is 34.3 Å². The molecule has 1 N–H and O–H groups in total. The minimum atomic E-state index is -0.771. The van der Waals surface area contributed by atoms with Crippen LogP contribution in [-0.4, -0.2) is 36.5 Å². The second-order valence-electron chi connectivity index (χ2n) is 6.93. The summed E-state index contributed by atoms with van der Waals surface area (Å²) in [5.41, 5.74) is 2.44. The van der Waals surface area contributed by atoms with Crippen molar-refractivity contribution in [3.63, 3.8) is 0 Å². The van der Waals surface area contributed by atoms with Gasteiger partial charge in [0.05, 0.1) is 10.5 Å². The third-order valence-electron chi connectivity index (χ3n) is 4.93. The number of nitro benzene ring substituents is 1.